The third kappa shape index (κ3) is 2.92. The Kier molecular flexibility index (Phi) is 3.65. The van der Waals surface area contributed by atoms with Crippen LogP contribution in [0.1, 0.15) is 15.2 Å². The normalized spacial score (nSPS) is 10.5. The molecule has 106 valence electrons. The molecule has 2 aromatic heterocycles. The molecule has 2 heterocycles. The molecule has 0 atom stereocenters. The fourth-order valence-electron chi connectivity index (χ4n) is 1.94. The van der Waals surface area contributed by atoms with Crippen molar-refractivity contribution in [2.75, 3.05) is 5.32 Å². The molecule has 1 amide bonds. The maximum absolute atomic E-state index is 11.1. The van der Waals surface area contributed by atoms with Crippen LogP contribution < -0.4 is 11.1 Å². The summed E-state index contributed by atoms with van der Waals surface area (Å²) in [6.07, 6.45) is 3.42. The molecule has 0 aliphatic rings. The topological polar surface area (TPSA) is 85.8 Å². The van der Waals surface area contributed by atoms with Gasteiger partial charge in [0.15, 0.2) is 0 Å². The number of primary amides is 1. The standard InChI is InChI=1S/C14H13N5OS/c15-14(20)10-7-11(21-9-10)8-16-12-3-1-2-4-13(12)19-6-5-17-18-19/h1-7,9,16H,8H2,(H2,15,20). The van der Waals surface area contributed by atoms with E-state index in [2.05, 4.69) is 15.6 Å². The van der Waals surface area contributed by atoms with Crippen LogP contribution in [0, 0.1) is 0 Å². The van der Waals surface area contributed by atoms with E-state index in [1.807, 2.05) is 24.3 Å². The number of rotatable bonds is 5. The Hall–Kier alpha value is -2.67. The Balaban J connectivity index is 1.77. The second-order valence-electron chi connectivity index (χ2n) is 4.38. The molecule has 21 heavy (non-hydrogen) atoms. The number of anilines is 1. The molecule has 0 aliphatic carbocycles. The van der Waals surface area contributed by atoms with E-state index in [1.165, 1.54) is 11.3 Å². The van der Waals surface area contributed by atoms with Crippen molar-refractivity contribution in [3.63, 3.8) is 0 Å². The van der Waals surface area contributed by atoms with E-state index in [0.29, 0.717) is 12.1 Å². The highest BCUT2D eigenvalue weighted by Gasteiger charge is 2.07. The molecule has 6 nitrogen and oxygen atoms in total. The lowest BCUT2D eigenvalue weighted by atomic mass is 10.2. The number of carbonyl (C=O) groups excluding carboxylic acids is 1. The summed E-state index contributed by atoms with van der Waals surface area (Å²) in [5.74, 6) is -0.402. The van der Waals surface area contributed by atoms with E-state index in [1.54, 1.807) is 28.5 Å². The minimum Gasteiger partial charge on any atom is -0.378 e. The molecule has 3 rings (SSSR count). The summed E-state index contributed by atoms with van der Waals surface area (Å²) in [5.41, 5.74) is 7.65. The molecule has 0 fully saturated rings. The maximum atomic E-state index is 11.1. The molecule has 0 spiro atoms. The highest BCUT2D eigenvalue weighted by atomic mass is 32.1. The van der Waals surface area contributed by atoms with E-state index in [0.717, 1.165) is 16.3 Å². The fraction of sp³-hybridized carbons (Fsp3) is 0.0714. The molecule has 3 aromatic rings. The van der Waals surface area contributed by atoms with Crippen molar-refractivity contribution in [3.05, 3.63) is 58.5 Å². The van der Waals surface area contributed by atoms with Crippen LogP contribution in [-0.4, -0.2) is 20.9 Å². The van der Waals surface area contributed by atoms with Gasteiger partial charge in [0.1, 0.15) is 0 Å². The zero-order valence-corrected chi connectivity index (χ0v) is 11.9. The van der Waals surface area contributed by atoms with E-state index in [-0.39, 0.29) is 0 Å². The van der Waals surface area contributed by atoms with Gasteiger partial charge in [0.2, 0.25) is 5.91 Å². The number of nitrogens with one attached hydrogen (secondary N) is 1. The van der Waals surface area contributed by atoms with Crippen molar-refractivity contribution < 1.29 is 4.79 Å². The van der Waals surface area contributed by atoms with Gasteiger partial charge < -0.3 is 11.1 Å². The van der Waals surface area contributed by atoms with Gasteiger partial charge in [0, 0.05) is 16.8 Å². The molecule has 0 bridgehead atoms. The first kappa shape index (κ1) is 13.3. The van der Waals surface area contributed by atoms with Gasteiger partial charge in [0.05, 0.1) is 29.3 Å². The zero-order chi connectivity index (χ0) is 14.7. The van der Waals surface area contributed by atoms with Crippen LogP contribution in [0.5, 0.6) is 0 Å². The van der Waals surface area contributed by atoms with Gasteiger partial charge in [-0.2, -0.15) is 0 Å². The van der Waals surface area contributed by atoms with Gasteiger partial charge in [0.25, 0.3) is 0 Å². The Labute approximate surface area is 125 Å². The van der Waals surface area contributed by atoms with Gasteiger partial charge in [-0.3, -0.25) is 4.79 Å². The Bertz CT molecular complexity index is 750. The van der Waals surface area contributed by atoms with Crippen molar-refractivity contribution in [2.45, 2.75) is 6.54 Å². The first-order valence-electron chi connectivity index (χ1n) is 6.31. The summed E-state index contributed by atoms with van der Waals surface area (Å²) in [5, 5.41) is 12.9. The number of para-hydroxylation sites is 2. The van der Waals surface area contributed by atoms with Gasteiger partial charge in [-0.15, -0.1) is 16.4 Å². The summed E-state index contributed by atoms with van der Waals surface area (Å²) in [6.45, 7) is 0.615. The monoisotopic (exact) mass is 299 g/mol. The number of hydrogen-bond donors (Lipinski definition) is 2. The minimum atomic E-state index is -0.402. The second kappa shape index (κ2) is 5.76. The van der Waals surface area contributed by atoms with Crippen molar-refractivity contribution in [2.24, 2.45) is 5.73 Å². The summed E-state index contributed by atoms with van der Waals surface area (Å²) in [4.78, 5) is 12.1. The highest BCUT2D eigenvalue weighted by molar-refractivity contribution is 7.10. The first-order chi connectivity index (χ1) is 10.2. The largest absolute Gasteiger partial charge is 0.378 e. The number of aromatic nitrogens is 3. The van der Waals surface area contributed by atoms with Crippen LogP contribution in [-0.2, 0) is 6.54 Å². The number of benzene rings is 1. The molecule has 3 N–H and O–H groups in total. The third-order valence-corrected chi connectivity index (χ3v) is 3.90. The predicted octanol–water partition coefficient (Wildman–Crippen LogP) is 2.04. The third-order valence-electron chi connectivity index (χ3n) is 2.96. The summed E-state index contributed by atoms with van der Waals surface area (Å²) in [6, 6.07) is 9.63. The van der Waals surface area contributed by atoms with Crippen molar-refractivity contribution in [3.8, 4) is 5.69 Å². The number of nitrogens with zero attached hydrogens (tertiary/aromatic N) is 3. The van der Waals surface area contributed by atoms with E-state index in [4.69, 9.17) is 5.73 Å². The molecule has 0 unspecified atom stereocenters. The van der Waals surface area contributed by atoms with Gasteiger partial charge in [-0.25, -0.2) is 4.68 Å². The predicted molar refractivity (Wildman–Crippen MR) is 81.5 cm³/mol. The van der Waals surface area contributed by atoms with Gasteiger partial charge >= 0.3 is 0 Å². The number of thiophene rings is 1. The molecule has 1 aromatic carbocycles. The Morgan fingerprint density at radius 1 is 1.38 bits per heavy atom. The van der Waals surface area contributed by atoms with Gasteiger partial charge in [-0.05, 0) is 18.2 Å². The first-order valence-corrected chi connectivity index (χ1v) is 7.19. The van der Waals surface area contributed by atoms with E-state index >= 15 is 0 Å². The van der Waals surface area contributed by atoms with Crippen molar-refractivity contribution >= 4 is 22.9 Å². The average molecular weight is 299 g/mol. The summed E-state index contributed by atoms with van der Waals surface area (Å²) < 4.78 is 1.70. The molecule has 0 saturated carbocycles. The Morgan fingerprint density at radius 2 is 2.24 bits per heavy atom. The van der Waals surface area contributed by atoms with Crippen LogP contribution in [0.3, 0.4) is 0 Å². The zero-order valence-electron chi connectivity index (χ0n) is 11.1. The van der Waals surface area contributed by atoms with Crippen molar-refractivity contribution in [1.82, 2.24) is 15.0 Å². The lowest BCUT2D eigenvalue weighted by molar-refractivity contribution is 0.100. The van der Waals surface area contributed by atoms with Crippen LogP contribution in [0.2, 0.25) is 0 Å². The summed E-state index contributed by atoms with van der Waals surface area (Å²) >= 11 is 1.50. The molecule has 0 radical (unpaired) electrons. The SMILES string of the molecule is NC(=O)c1csc(CNc2ccccc2-n2ccnn2)c1. The molecule has 0 saturated heterocycles. The molecule has 0 aliphatic heterocycles. The van der Waals surface area contributed by atoms with Crippen LogP contribution >= 0.6 is 11.3 Å². The number of hydrogen-bond acceptors (Lipinski definition) is 5. The number of carbonyl (C=O) groups is 1. The van der Waals surface area contributed by atoms with E-state index in [9.17, 15) is 4.79 Å². The minimum absolute atomic E-state index is 0.402. The maximum Gasteiger partial charge on any atom is 0.249 e. The number of amides is 1. The van der Waals surface area contributed by atoms with Crippen LogP contribution in [0.25, 0.3) is 5.69 Å². The van der Waals surface area contributed by atoms with Crippen molar-refractivity contribution in [1.29, 1.82) is 0 Å². The number of nitrogens with two attached hydrogens (primary N) is 1. The summed E-state index contributed by atoms with van der Waals surface area (Å²) in [7, 11) is 0. The van der Waals surface area contributed by atoms with Gasteiger partial charge in [-0.1, -0.05) is 17.3 Å². The molecule has 7 heteroatoms. The smallest absolute Gasteiger partial charge is 0.249 e. The molecular weight excluding hydrogens is 286 g/mol. The second-order valence-corrected chi connectivity index (χ2v) is 5.38. The van der Waals surface area contributed by atoms with Crippen LogP contribution in [0.15, 0.2) is 48.1 Å². The molecular formula is C14H13N5OS. The average Bonchev–Trinajstić information content (AvgIpc) is 3.17. The fourth-order valence-corrected chi connectivity index (χ4v) is 2.76. The lowest BCUT2D eigenvalue weighted by Gasteiger charge is -2.10. The van der Waals surface area contributed by atoms with Crippen LogP contribution in [0.4, 0.5) is 5.69 Å². The Morgan fingerprint density at radius 3 is 2.95 bits per heavy atom. The lowest BCUT2D eigenvalue weighted by Crippen LogP contribution is -2.09. The highest BCUT2D eigenvalue weighted by Crippen LogP contribution is 2.21. The quantitative estimate of drug-likeness (QED) is 0.755. The van der Waals surface area contributed by atoms with E-state index < -0.39 is 5.91 Å².